The maximum absolute atomic E-state index is 6.19. The van der Waals surface area contributed by atoms with Gasteiger partial charge in [-0.3, -0.25) is 5.10 Å². The third-order valence-corrected chi connectivity index (χ3v) is 3.38. The van der Waals surface area contributed by atoms with Crippen LogP contribution in [0.2, 0.25) is 5.02 Å². The minimum atomic E-state index is 0.452. The molecule has 6 heteroatoms. The van der Waals surface area contributed by atoms with Crippen molar-refractivity contribution in [1.82, 2.24) is 10.2 Å². The number of H-pyrrole nitrogens is 1. The summed E-state index contributed by atoms with van der Waals surface area (Å²) in [6.45, 7) is 0.463. The Morgan fingerprint density at radius 3 is 2.76 bits per heavy atom. The summed E-state index contributed by atoms with van der Waals surface area (Å²) in [5.41, 5.74) is 8.23. The second-order valence-corrected chi connectivity index (χ2v) is 4.82. The number of nitrogen functional groups attached to an aromatic ring is 1. The maximum Gasteiger partial charge on any atom is 0.145 e. The van der Waals surface area contributed by atoms with Crippen molar-refractivity contribution in [3.8, 4) is 11.3 Å². The molecule has 3 N–H and O–H groups in total. The lowest BCUT2D eigenvalue weighted by atomic mass is 10.1. The van der Waals surface area contributed by atoms with Gasteiger partial charge in [0.05, 0.1) is 12.3 Å². The molecule has 0 amide bonds. The van der Waals surface area contributed by atoms with Gasteiger partial charge in [-0.05, 0) is 12.1 Å². The van der Waals surface area contributed by atoms with Crippen LogP contribution in [0.3, 0.4) is 0 Å². The van der Waals surface area contributed by atoms with E-state index in [0.29, 0.717) is 17.4 Å². The van der Waals surface area contributed by atoms with Crippen LogP contribution in [0.15, 0.2) is 22.7 Å². The van der Waals surface area contributed by atoms with E-state index in [-0.39, 0.29) is 0 Å². The zero-order chi connectivity index (χ0) is 12.4. The fourth-order valence-electron chi connectivity index (χ4n) is 1.53. The standard InChI is InChI=1S/C11H11BrClN3O/c1-17-5-7-8(12)2-6(3-9(7)13)10-4-11(14)16-15-10/h2-4H,5H2,1H3,(H3,14,15,16). The van der Waals surface area contributed by atoms with Crippen LogP contribution in [0.1, 0.15) is 5.56 Å². The number of ether oxygens (including phenoxy) is 1. The molecule has 4 nitrogen and oxygen atoms in total. The number of rotatable bonds is 3. The fourth-order valence-corrected chi connectivity index (χ4v) is 2.49. The first kappa shape index (κ1) is 12.4. The average Bonchev–Trinajstić information content (AvgIpc) is 2.70. The smallest absolute Gasteiger partial charge is 0.145 e. The number of halogens is 2. The first-order chi connectivity index (χ1) is 8.11. The monoisotopic (exact) mass is 315 g/mol. The third kappa shape index (κ3) is 2.62. The summed E-state index contributed by atoms with van der Waals surface area (Å²) in [6, 6.07) is 5.56. The predicted octanol–water partition coefficient (Wildman–Crippen LogP) is 3.22. The van der Waals surface area contributed by atoms with Gasteiger partial charge < -0.3 is 10.5 Å². The molecule has 0 aliphatic rings. The van der Waals surface area contributed by atoms with E-state index in [4.69, 9.17) is 22.1 Å². The maximum atomic E-state index is 6.19. The van der Waals surface area contributed by atoms with Gasteiger partial charge in [0.1, 0.15) is 5.82 Å². The topological polar surface area (TPSA) is 63.9 Å². The van der Waals surface area contributed by atoms with E-state index in [9.17, 15) is 0 Å². The van der Waals surface area contributed by atoms with Gasteiger partial charge in [-0.1, -0.05) is 27.5 Å². The molecular formula is C11H11BrClN3O. The van der Waals surface area contributed by atoms with Crippen LogP contribution in [-0.4, -0.2) is 17.3 Å². The molecule has 0 bridgehead atoms. The Bertz CT molecular complexity index is 518. The van der Waals surface area contributed by atoms with Gasteiger partial charge in [-0.2, -0.15) is 5.10 Å². The zero-order valence-electron chi connectivity index (χ0n) is 9.13. The molecule has 0 unspecified atom stereocenters. The molecule has 2 aromatic rings. The lowest BCUT2D eigenvalue weighted by molar-refractivity contribution is 0.184. The summed E-state index contributed by atoms with van der Waals surface area (Å²) >= 11 is 9.67. The van der Waals surface area contributed by atoms with Gasteiger partial charge in [0.15, 0.2) is 0 Å². The van der Waals surface area contributed by atoms with Gasteiger partial charge in [0.25, 0.3) is 0 Å². The summed E-state index contributed by atoms with van der Waals surface area (Å²) in [7, 11) is 1.63. The van der Waals surface area contributed by atoms with Crippen molar-refractivity contribution in [1.29, 1.82) is 0 Å². The summed E-state index contributed by atoms with van der Waals surface area (Å²) in [5, 5.41) is 7.37. The highest BCUT2D eigenvalue weighted by Crippen LogP contribution is 2.32. The van der Waals surface area contributed by atoms with E-state index in [0.717, 1.165) is 21.3 Å². The Labute approximate surface area is 112 Å². The molecule has 90 valence electrons. The molecular weight excluding hydrogens is 305 g/mol. The summed E-state index contributed by atoms with van der Waals surface area (Å²) in [4.78, 5) is 0. The summed E-state index contributed by atoms with van der Waals surface area (Å²) in [5.74, 6) is 0.452. The number of aromatic nitrogens is 2. The molecule has 0 radical (unpaired) electrons. The highest BCUT2D eigenvalue weighted by atomic mass is 79.9. The van der Waals surface area contributed by atoms with Crippen molar-refractivity contribution in [2.75, 3.05) is 12.8 Å². The Morgan fingerprint density at radius 2 is 2.24 bits per heavy atom. The predicted molar refractivity (Wildman–Crippen MR) is 71.9 cm³/mol. The molecule has 1 heterocycles. The normalized spacial score (nSPS) is 10.8. The fraction of sp³-hybridized carbons (Fsp3) is 0.182. The molecule has 2 rings (SSSR count). The minimum absolute atomic E-state index is 0.452. The first-order valence-electron chi connectivity index (χ1n) is 4.90. The van der Waals surface area contributed by atoms with Gasteiger partial charge in [-0.15, -0.1) is 0 Å². The second-order valence-electron chi connectivity index (χ2n) is 3.56. The van der Waals surface area contributed by atoms with Gasteiger partial charge in [-0.25, -0.2) is 0 Å². The number of anilines is 1. The van der Waals surface area contributed by atoms with E-state index in [1.54, 1.807) is 13.2 Å². The Morgan fingerprint density at radius 1 is 1.47 bits per heavy atom. The second kappa shape index (κ2) is 5.08. The van der Waals surface area contributed by atoms with E-state index in [1.165, 1.54) is 0 Å². The molecule has 1 aromatic carbocycles. The highest BCUT2D eigenvalue weighted by Gasteiger charge is 2.10. The van der Waals surface area contributed by atoms with Gasteiger partial charge >= 0.3 is 0 Å². The van der Waals surface area contributed by atoms with Crippen LogP contribution < -0.4 is 5.73 Å². The number of nitrogens with one attached hydrogen (secondary N) is 1. The van der Waals surface area contributed by atoms with Crippen LogP contribution in [-0.2, 0) is 11.3 Å². The molecule has 0 spiro atoms. The minimum Gasteiger partial charge on any atom is -0.382 e. The number of hydrogen-bond donors (Lipinski definition) is 2. The van der Waals surface area contributed by atoms with Crippen molar-refractivity contribution < 1.29 is 4.74 Å². The molecule has 0 fully saturated rings. The van der Waals surface area contributed by atoms with Crippen molar-refractivity contribution in [2.45, 2.75) is 6.61 Å². The number of aromatic amines is 1. The van der Waals surface area contributed by atoms with Crippen LogP contribution in [0.25, 0.3) is 11.3 Å². The molecule has 0 saturated carbocycles. The third-order valence-electron chi connectivity index (χ3n) is 2.34. The van der Waals surface area contributed by atoms with E-state index in [2.05, 4.69) is 26.1 Å². The van der Waals surface area contributed by atoms with E-state index in [1.807, 2.05) is 12.1 Å². The van der Waals surface area contributed by atoms with Crippen LogP contribution in [0, 0.1) is 0 Å². The molecule has 0 atom stereocenters. The lowest BCUT2D eigenvalue weighted by Gasteiger charge is -2.08. The van der Waals surface area contributed by atoms with Crippen LogP contribution in [0.4, 0.5) is 5.82 Å². The van der Waals surface area contributed by atoms with Crippen LogP contribution in [0.5, 0.6) is 0 Å². The largest absolute Gasteiger partial charge is 0.382 e. The SMILES string of the molecule is COCc1c(Cl)cc(-c2cc(N)n[nH]2)cc1Br. The van der Waals surface area contributed by atoms with Gasteiger partial charge in [0, 0.05) is 33.8 Å². The molecule has 0 aliphatic carbocycles. The molecule has 1 aromatic heterocycles. The van der Waals surface area contributed by atoms with Crippen molar-refractivity contribution in [3.63, 3.8) is 0 Å². The summed E-state index contributed by atoms with van der Waals surface area (Å²) in [6.07, 6.45) is 0. The molecule has 17 heavy (non-hydrogen) atoms. The number of methoxy groups -OCH3 is 1. The number of nitrogens with zero attached hydrogens (tertiary/aromatic N) is 1. The zero-order valence-corrected chi connectivity index (χ0v) is 11.5. The number of benzene rings is 1. The Hall–Kier alpha value is -1.04. The van der Waals surface area contributed by atoms with Crippen molar-refractivity contribution in [2.24, 2.45) is 0 Å². The van der Waals surface area contributed by atoms with E-state index >= 15 is 0 Å². The number of hydrogen-bond acceptors (Lipinski definition) is 3. The van der Waals surface area contributed by atoms with Crippen molar-refractivity contribution >= 4 is 33.3 Å². The molecule has 0 aliphatic heterocycles. The number of nitrogens with two attached hydrogens (primary N) is 1. The van der Waals surface area contributed by atoms with Crippen molar-refractivity contribution in [3.05, 3.63) is 33.3 Å². The van der Waals surface area contributed by atoms with Crippen LogP contribution >= 0.6 is 27.5 Å². The Kier molecular flexibility index (Phi) is 3.71. The molecule has 0 saturated heterocycles. The summed E-state index contributed by atoms with van der Waals surface area (Å²) < 4.78 is 5.98. The quantitative estimate of drug-likeness (QED) is 0.914. The lowest BCUT2D eigenvalue weighted by Crippen LogP contribution is -1.92. The Balaban J connectivity index is 2.45. The van der Waals surface area contributed by atoms with E-state index < -0.39 is 0 Å². The average molecular weight is 317 g/mol. The first-order valence-corrected chi connectivity index (χ1v) is 6.07. The van der Waals surface area contributed by atoms with Gasteiger partial charge in [0.2, 0.25) is 0 Å². The highest BCUT2D eigenvalue weighted by molar-refractivity contribution is 9.10.